The lowest BCUT2D eigenvalue weighted by Gasteiger charge is -2.22. The summed E-state index contributed by atoms with van der Waals surface area (Å²) in [5.74, 6) is 1.50. The Morgan fingerprint density at radius 2 is 1.63 bits per heavy atom. The van der Waals surface area contributed by atoms with E-state index in [0.717, 1.165) is 35.1 Å². The highest BCUT2D eigenvalue weighted by molar-refractivity contribution is 5.64. The fourth-order valence-electron chi connectivity index (χ4n) is 2.96. The van der Waals surface area contributed by atoms with E-state index in [9.17, 15) is 0 Å². The van der Waals surface area contributed by atoms with Crippen molar-refractivity contribution in [1.82, 2.24) is 9.97 Å². The van der Waals surface area contributed by atoms with Crippen LogP contribution in [-0.2, 0) is 0 Å². The van der Waals surface area contributed by atoms with Gasteiger partial charge in [-0.1, -0.05) is 12.1 Å². The summed E-state index contributed by atoms with van der Waals surface area (Å²) in [5.41, 5.74) is 5.42. The Kier molecular flexibility index (Phi) is 5.60. The van der Waals surface area contributed by atoms with Gasteiger partial charge in [-0.15, -0.1) is 0 Å². The molecule has 140 valence electrons. The van der Waals surface area contributed by atoms with Crippen LogP contribution in [0, 0.1) is 13.8 Å². The lowest BCUT2D eigenvalue weighted by atomic mass is 10.2. The van der Waals surface area contributed by atoms with Gasteiger partial charge < -0.3 is 15.1 Å². The van der Waals surface area contributed by atoms with Gasteiger partial charge in [0.05, 0.1) is 0 Å². The maximum Gasteiger partial charge on any atom is 0.232 e. The maximum absolute atomic E-state index is 4.76. The minimum absolute atomic E-state index is 0.704. The number of anilines is 5. The molecule has 27 heavy (non-hydrogen) atoms. The molecule has 2 aromatic carbocycles. The predicted octanol–water partition coefficient (Wildman–Crippen LogP) is 5.06. The fraction of sp³-hybridized carbons (Fsp3) is 0.273. The summed E-state index contributed by atoms with van der Waals surface area (Å²) >= 11 is 0. The van der Waals surface area contributed by atoms with Gasteiger partial charge in [0.2, 0.25) is 5.95 Å². The summed E-state index contributed by atoms with van der Waals surface area (Å²) in [6.45, 7) is 7.00. The van der Waals surface area contributed by atoms with Crippen LogP contribution in [0.25, 0.3) is 0 Å². The first kappa shape index (κ1) is 18.7. The third-order valence-electron chi connectivity index (χ3n) is 4.37. The second kappa shape index (κ2) is 8.08. The number of aryl methyl sites for hydroxylation is 2. The summed E-state index contributed by atoms with van der Waals surface area (Å²) in [6, 6.07) is 18.7. The molecule has 0 aliphatic heterocycles. The zero-order valence-corrected chi connectivity index (χ0v) is 16.7. The molecule has 5 heteroatoms. The molecule has 0 radical (unpaired) electrons. The van der Waals surface area contributed by atoms with E-state index in [1.807, 2.05) is 27.1 Å². The maximum atomic E-state index is 4.76. The van der Waals surface area contributed by atoms with E-state index < -0.39 is 0 Å². The number of rotatable bonds is 6. The van der Waals surface area contributed by atoms with E-state index in [2.05, 4.69) is 82.5 Å². The largest absolute Gasteiger partial charge is 0.378 e. The molecule has 0 fully saturated rings. The highest BCUT2D eigenvalue weighted by atomic mass is 15.3. The number of aromatic nitrogens is 2. The van der Waals surface area contributed by atoms with Crippen molar-refractivity contribution in [1.29, 1.82) is 0 Å². The van der Waals surface area contributed by atoms with Crippen LogP contribution >= 0.6 is 0 Å². The molecule has 0 spiro atoms. The van der Waals surface area contributed by atoms with Crippen molar-refractivity contribution in [2.24, 2.45) is 0 Å². The number of hydrogen-bond acceptors (Lipinski definition) is 5. The van der Waals surface area contributed by atoms with E-state index in [1.165, 1.54) is 5.56 Å². The molecule has 3 aromatic rings. The van der Waals surface area contributed by atoms with Crippen molar-refractivity contribution >= 4 is 28.8 Å². The van der Waals surface area contributed by atoms with Gasteiger partial charge in [-0.2, -0.15) is 4.98 Å². The second-order valence-electron chi connectivity index (χ2n) is 6.84. The molecule has 0 aliphatic rings. The van der Waals surface area contributed by atoms with Gasteiger partial charge in [-0.05, 0) is 62.7 Å². The van der Waals surface area contributed by atoms with Crippen molar-refractivity contribution in [3.8, 4) is 0 Å². The van der Waals surface area contributed by atoms with Crippen LogP contribution in [0.5, 0.6) is 0 Å². The molecule has 1 N–H and O–H groups in total. The summed E-state index contributed by atoms with van der Waals surface area (Å²) in [6.07, 6.45) is 0. The van der Waals surface area contributed by atoms with Crippen LogP contribution in [0.3, 0.4) is 0 Å². The number of nitrogens with zero attached hydrogens (tertiary/aromatic N) is 4. The SMILES string of the molecule is CCN(c1cccc(C)c1)c1nc(C)cc(Nc2ccc(N(C)C)cc2)n1. The van der Waals surface area contributed by atoms with Gasteiger partial charge in [0.1, 0.15) is 5.82 Å². The lowest BCUT2D eigenvalue weighted by Crippen LogP contribution is -2.19. The molecule has 0 unspecified atom stereocenters. The summed E-state index contributed by atoms with van der Waals surface area (Å²) in [4.78, 5) is 13.6. The van der Waals surface area contributed by atoms with Crippen LogP contribution in [0.2, 0.25) is 0 Å². The van der Waals surface area contributed by atoms with Crippen LogP contribution in [-0.4, -0.2) is 30.6 Å². The smallest absolute Gasteiger partial charge is 0.232 e. The molecule has 3 rings (SSSR count). The van der Waals surface area contributed by atoms with E-state index in [4.69, 9.17) is 4.98 Å². The Hall–Kier alpha value is -3.08. The van der Waals surface area contributed by atoms with Gasteiger partial charge in [0.25, 0.3) is 0 Å². The molecule has 1 heterocycles. The molecule has 0 bridgehead atoms. The Morgan fingerprint density at radius 3 is 2.26 bits per heavy atom. The van der Waals surface area contributed by atoms with Gasteiger partial charge in [0.15, 0.2) is 0 Å². The zero-order chi connectivity index (χ0) is 19.4. The highest BCUT2D eigenvalue weighted by Gasteiger charge is 2.12. The van der Waals surface area contributed by atoms with E-state index >= 15 is 0 Å². The zero-order valence-electron chi connectivity index (χ0n) is 16.7. The second-order valence-corrected chi connectivity index (χ2v) is 6.84. The first-order valence-electron chi connectivity index (χ1n) is 9.20. The minimum Gasteiger partial charge on any atom is -0.378 e. The van der Waals surface area contributed by atoms with Crippen LogP contribution in [0.4, 0.5) is 28.8 Å². The first-order chi connectivity index (χ1) is 13.0. The van der Waals surface area contributed by atoms with Crippen molar-refractivity contribution in [3.05, 3.63) is 65.9 Å². The van der Waals surface area contributed by atoms with Gasteiger partial charge >= 0.3 is 0 Å². The average molecular weight is 361 g/mol. The Bertz CT molecular complexity index is 903. The van der Waals surface area contributed by atoms with Gasteiger partial charge in [-0.25, -0.2) is 4.98 Å². The summed E-state index contributed by atoms with van der Waals surface area (Å²) in [7, 11) is 4.07. The Balaban J connectivity index is 1.89. The van der Waals surface area contributed by atoms with Crippen molar-refractivity contribution in [2.75, 3.05) is 35.8 Å². The van der Waals surface area contributed by atoms with E-state index in [0.29, 0.717) is 5.95 Å². The van der Waals surface area contributed by atoms with Crippen molar-refractivity contribution < 1.29 is 0 Å². The minimum atomic E-state index is 0.704. The molecule has 0 atom stereocenters. The number of hydrogen-bond donors (Lipinski definition) is 1. The average Bonchev–Trinajstić information content (AvgIpc) is 2.62. The standard InChI is InChI=1S/C22H27N5/c1-6-27(20-9-7-8-16(2)14-20)22-23-17(3)15-21(25-22)24-18-10-12-19(13-11-18)26(4)5/h7-15H,6H2,1-5H3,(H,23,24,25). The Labute approximate surface area is 161 Å². The van der Waals surface area contributed by atoms with Crippen LogP contribution in [0.15, 0.2) is 54.6 Å². The number of benzene rings is 2. The Morgan fingerprint density at radius 1 is 0.889 bits per heavy atom. The summed E-state index contributed by atoms with van der Waals surface area (Å²) in [5, 5.41) is 3.40. The first-order valence-corrected chi connectivity index (χ1v) is 9.20. The molecular formula is C22H27N5. The molecule has 0 amide bonds. The van der Waals surface area contributed by atoms with Gasteiger partial charge in [-0.3, -0.25) is 0 Å². The lowest BCUT2D eigenvalue weighted by molar-refractivity contribution is 0.935. The predicted molar refractivity (Wildman–Crippen MR) is 115 cm³/mol. The molecule has 5 nitrogen and oxygen atoms in total. The molecular weight excluding hydrogens is 334 g/mol. The van der Waals surface area contributed by atoms with Crippen molar-refractivity contribution in [3.63, 3.8) is 0 Å². The van der Waals surface area contributed by atoms with Crippen molar-refractivity contribution in [2.45, 2.75) is 20.8 Å². The van der Waals surface area contributed by atoms with Crippen LogP contribution in [0.1, 0.15) is 18.2 Å². The molecule has 0 saturated heterocycles. The highest BCUT2D eigenvalue weighted by Crippen LogP contribution is 2.26. The molecule has 0 saturated carbocycles. The normalized spacial score (nSPS) is 10.6. The number of nitrogens with one attached hydrogen (secondary N) is 1. The molecule has 1 aromatic heterocycles. The van der Waals surface area contributed by atoms with Crippen LogP contribution < -0.4 is 15.1 Å². The monoisotopic (exact) mass is 361 g/mol. The van der Waals surface area contributed by atoms with E-state index in [-0.39, 0.29) is 0 Å². The fourth-order valence-corrected chi connectivity index (χ4v) is 2.96. The third kappa shape index (κ3) is 4.56. The summed E-state index contributed by atoms with van der Waals surface area (Å²) < 4.78 is 0. The topological polar surface area (TPSA) is 44.3 Å². The van der Waals surface area contributed by atoms with E-state index in [1.54, 1.807) is 0 Å². The molecule has 0 aliphatic carbocycles. The quantitative estimate of drug-likeness (QED) is 0.665. The third-order valence-corrected chi connectivity index (χ3v) is 4.37. The van der Waals surface area contributed by atoms with Gasteiger partial charge in [0, 0.05) is 49.5 Å².